The maximum Gasteiger partial charge on any atom is 0.230 e. The molecule has 32 heavy (non-hydrogen) atoms. The molecule has 0 unspecified atom stereocenters. The maximum absolute atomic E-state index is 14.1. The number of fused-ring (bicyclic) bond motifs is 1. The van der Waals surface area contributed by atoms with Crippen LogP contribution in [-0.4, -0.2) is 31.6 Å². The van der Waals surface area contributed by atoms with Crippen molar-refractivity contribution in [1.82, 2.24) is 25.5 Å². The van der Waals surface area contributed by atoms with E-state index >= 15 is 0 Å². The van der Waals surface area contributed by atoms with Crippen molar-refractivity contribution in [1.29, 1.82) is 5.26 Å². The number of aromatic nitrogens is 4. The van der Waals surface area contributed by atoms with Gasteiger partial charge in [-0.1, -0.05) is 11.3 Å². The molecule has 0 bridgehead atoms. The highest BCUT2D eigenvalue weighted by Crippen LogP contribution is 2.34. The van der Waals surface area contributed by atoms with E-state index in [4.69, 9.17) is 9.68 Å². The smallest absolute Gasteiger partial charge is 0.230 e. The summed E-state index contributed by atoms with van der Waals surface area (Å²) in [6.45, 7) is 0. The Kier molecular flexibility index (Phi) is 4.86. The van der Waals surface area contributed by atoms with Gasteiger partial charge in [-0.3, -0.25) is 4.79 Å². The number of carbonyl (C=O) groups excluding carboxylic acids is 1. The third kappa shape index (κ3) is 4.04. The van der Waals surface area contributed by atoms with E-state index in [0.29, 0.717) is 33.9 Å². The van der Waals surface area contributed by atoms with Crippen molar-refractivity contribution in [2.24, 2.45) is 0 Å². The molecule has 1 aliphatic rings. The summed E-state index contributed by atoms with van der Waals surface area (Å²) >= 11 is 1.29. The second-order valence-corrected chi connectivity index (χ2v) is 8.50. The highest BCUT2D eigenvalue weighted by atomic mass is 32.1. The molecule has 1 aliphatic carbocycles. The largest absolute Gasteiger partial charge is 0.424 e. The Morgan fingerprint density at radius 1 is 1.19 bits per heavy atom. The van der Waals surface area contributed by atoms with Crippen LogP contribution in [0.15, 0.2) is 34.7 Å². The third-order valence-corrected chi connectivity index (χ3v) is 5.94. The van der Waals surface area contributed by atoms with Gasteiger partial charge in [-0.25, -0.2) is 18.7 Å². The van der Waals surface area contributed by atoms with Crippen LogP contribution >= 0.6 is 11.3 Å². The van der Waals surface area contributed by atoms with Crippen molar-refractivity contribution in [3.8, 4) is 17.3 Å². The summed E-state index contributed by atoms with van der Waals surface area (Å²) in [6.07, 6.45) is 1.43. The van der Waals surface area contributed by atoms with Gasteiger partial charge in [0.05, 0.1) is 18.2 Å². The minimum atomic E-state index is -0.746. The van der Waals surface area contributed by atoms with E-state index in [-0.39, 0.29) is 36.1 Å². The van der Waals surface area contributed by atoms with Crippen LogP contribution in [0.25, 0.3) is 21.6 Å². The summed E-state index contributed by atoms with van der Waals surface area (Å²) in [5, 5.41) is 20.2. The minimum absolute atomic E-state index is 0.107. The highest BCUT2D eigenvalue weighted by Gasteiger charge is 2.44. The maximum atomic E-state index is 14.1. The number of carbonyl (C=O) groups is 1. The van der Waals surface area contributed by atoms with Crippen molar-refractivity contribution in [2.75, 3.05) is 0 Å². The molecular formula is C21H14F2N6O2S. The molecule has 0 saturated heterocycles. The molecule has 0 aliphatic heterocycles. The van der Waals surface area contributed by atoms with Gasteiger partial charge in [-0.05, 0) is 37.1 Å². The molecule has 3 aromatic heterocycles. The zero-order valence-electron chi connectivity index (χ0n) is 16.4. The number of nitrogens with one attached hydrogen (secondary N) is 1. The van der Waals surface area contributed by atoms with Gasteiger partial charge in [0.2, 0.25) is 17.7 Å². The highest BCUT2D eigenvalue weighted by molar-refractivity contribution is 7.18. The predicted octanol–water partition coefficient (Wildman–Crippen LogP) is 3.33. The van der Waals surface area contributed by atoms with Crippen molar-refractivity contribution in [3.63, 3.8) is 0 Å². The molecule has 1 fully saturated rings. The SMILES string of the molecule is N#CC1(NC(=O)Cc2nnc(Cc3nc4ccc(-c5ccc(F)cc5F)nc4s3)o2)CC1. The quantitative estimate of drug-likeness (QED) is 0.477. The van der Waals surface area contributed by atoms with Crippen molar-refractivity contribution < 1.29 is 18.0 Å². The number of hydrogen-bond donors (Lipinski definition) is 1. The number of nitrogens with zero attached hydrogens (tertiary/aromatic N) is 5. The second kappa shape index (κ2) is 7.72. The van der Waals surface area contributed by atoms with Crippen molar-refractivity contribution in [3.05, 3.63) is 58.8 Å². The topological polar surface area (TPSA) is 118 Å². The molecule has 11 heteroatoms. The van der Waals surface area contributed by atoms with Crippen molar-refractivity contribution >= 4 is 27.6 Å². The Balaban J connectivity index is 1.29. The van der Waals surface area contributed by atoms with Crippen LogP contribution in [0.4, 0.5) is 8.78 Å². The van der Waals surface area contributed by atoms with Gasteiger partial charge in [-0.15, -0.1) is 10.2 Å². The van der Waals surface area contributed by atoms with Gasteiger partial charge in [0.25, 0.3) is 0 Å². The summed E-state index contributed by atoms with van der Waals surface area (Å²) in [6, 6.07) is 8.77. The molecule has 0 radical (unpaired) electrons. The average Bonchev–Trinajstić information content (AvgIpc) is 3.19. The molecule has 1 aromatic carbocycles. The van der Waals surface area contributed by atoms with E-state index in [9.17, 15) is 13.6 Å². The molecule has 160 valence electrons. The Morgan fingerprint density at radius 2 is 2.00 bits per heavy atom. The van der Waals surface area contributed by atoms with Crippen LogP contribution in [0, 0.1) is 23.0 Å². The van der Waals surface area contributed by atoms with E-state index < -0.39 is 17.2 Å². The van der Waals surface area contributed by atoms with Gasteiger partial charge in [0, 0.05) is 11.6 Å². The molecular weight excluding hydrogens is 438 g/mol. The molecule has 3 heterocycles. The zero-order chi connectivity index (χ0) is 22.3. The van der Waals surface area contributed by atoms with Crippen LogP contribution in [0.1, 0.15) is 29.6 Å². The van der Waals surface area contributed by atoms with Gasteiger partial charge in [0.15, 0.2) is 0 Å². The summed E-state index contributed by atoms with van der Waals surface area (Å²) in [5.74, 6) is -1.24. The van der Waals surface area contributed by atoms with Crippen LogP contribution in [0.3, 0.4) is 0 Å². The van der Waals surface area contributed by atoms with Gasteiger partial charge in [0.1, 0.15) is 38.9 Å². The third-order valence-electron chi connectivity index (χ3n) is 4.97. The molecule has 8 nitrogen and oxygen atoms in total. The summed E-state index contributed by atoms with van der Waals surface area (Å²) < 4.78 is 32.8. The molecule has 4 aromatic rings. The van der Waals surface area contributed by atoms with E-state index in [1.807, 2.05) is 0 Å². The normalized spacial score (nSPS) is 14.3. The van der Waals surface area contributed by atoms with E-state index in [1.54, 1.807) is 12.1 Å². The molecule has 1 saturated carbocycles. The van der Waals surface area contributed by atoms with Gasteiger partial charge >= 0.3 is 0 Å². The number of amides is 1. The summed E-state index contributed by atoms with van der Waals surface area (Å²) in [5.41, 5.74) is 0.458. The molecule has 0 atom stereocenters. The first-order valence-corrected chi connectivity index (χ1v) is 10.5. The minimum Gasteiger partial charge on any atom is -0.424 e. The Hall–Kier alpha value is -3.78. The average molecular weight is 452 g/mol. The zero-order valence-corrected chi connectivity index (χ0v) is 17.2. The van der Waals surface area contributed by atoms with Crippen LogP contribution in [0.5, 0.6) is 0 Å². The van der Waals surface area contributed by atoms with E-state index in [1.165, 1.54) is 23.5 Å². The first-order chi connectivity index (χ1) is 15.4. The van der Waals surface area contributed by atoms with E-state index in [2.05, 4.69) is 31.6 Å². The predicted molar refractivity (Wildman–Crippen MR) is 109 cm³/mol. The lowest BCUT2D eigenvalue weighted by molar-refractivity contribution is -0.121. The lowest BCUT2D eigenvalue weighted by Gasteiger charge is -2.06. The fourth-order valence-corrected chi connectivity index (χ4v) is 4.11. The molecule has 1 amide bonds. The number of thiazole rings is 1. The first kappa shape index (κ1) is 20.1. The molecule has 5 rings (SSSR count). The van der Waals surface area contributed by atoms with Gasteiger partial charge < -0.3 is 9.73 Å². The van der Waals surface area contributed by atoms with Crippen LogP contribution in [0.2, 0.25) is 0 Å². The van der Waals surface area contributed by atoms with Gasteiger partial charge in [-0.2, -0.15) is 5.26 Å². The number of pyridine rings is 1. The number of hydrogen-bond acceptors (Lipinski definition) is 8. The second-order valence-electron chi connectivity index (χ2n) is 7.44. The first-order valence-electron chi connectivity index (χ1n) is 9.68. The fraction of sp³-hybridized carbons (Fsp3) is 0.238. The Morgan fingerprint density at radius 3 is 2.75 bits per heavy atom. The number of halogens is 2. The van der Waals surface area contributed by atoms with Crippen LogP contribution in [-0.2, 0) is 17.6 Å². The van der Waals surface area contributed by atoms with Crippen molar-refractivity contribution in [2.45, 2.75) is 31.2 Å². The molecule has 0 spiro atoms. The molecule has 1 N–H and O–H groups in total. The number of nitriles is 1. The number of benzene rings is 1. The summed E-state index contributed by atoms with van der Waals surface area (Å²) in [4.78, 5) is 21.6. The van der Waals surface area contributed by atoms with Crippen LogP contribution < -0.4 is 5.32 Å². The lowest BCUT2D eigenvalue weighted by atomic mass is 10.1. The Labute approximate surface area is 183 Å². The lowest BCUT2D eigenvalue weighted by Crippen LogP contribution is -2.36. The standard InChI is InChI=1S/C21H14F2N6O2S/c22-11-1-2-12(13(23)7-11)14-3-4-15-20(26-14)32-19(25-15)9-18-29-28-17(31-18)8-16(30)27-21(10-24)5-6-21/h1-4,7H,5-6,8-9H2,(H,27,30). The Bertz CT molecular complexity index is 1390. The number of rotatable bonds is 6. The van der Waals surface area contributed by atoms with E-state index in [0.717, 1.165) is 6.07 Å². The monoisotopic (exact) mass is 452 g/mol. The fourth-order valence-electron chi connectivity index (χ4n) is 3.18. The summed E-state index contributed by atoms with van der Waals surface area (Å²) in [7, 11) is 0.